The van der Waals surface area contributed by atoms with E-state index in [4.69, 9.17) is 5.11 Å². The molecule has 0 aromatic rings. The SMILES string of the molecule is O=C(O)C[C@@H]1CC/C=C/CCC1=O. The minimum atomic E-state index is -0.872. The second-order valence-corrected chi connectivity index (χ2v) is 3.35. The summed E-state index contributed by atoms with van der Waals surface area (Å²) in [5.41, 5.74) is 0. The van der Waals surface area contributed by atoms with Gasteiger partial charge in [0.05, 0.1) is 6.42 Å². The van der Waals surface area contributed by atoms with Gasteiger partial charge in [0.1, 0.15) is 5.78 Å². The fraction of sp³-hybridized carbons (Fsp3) is 0.600. The summed E-state index contributed by atoms with van der Waals surface area (Å²) in [6, 6.07) is 0. The number of hydrogen-bond donors (Lipinski definition) is 1. The van der Waals surface area contributed by atoms with Crippen LogP contribution in [0.25, 0.3) is 0 Å². The molecule has 0 fully saturated rings. The Hall–Kier alpha value is -1.12. The number of carbonyl (C=O) groups excluding carboxylic acids is 1. The van der Waals surface area contributed by atoms with Gasteiger partial charge in [0.15, 0.2) is 0 Å². The zero-order valence-electron chi connectivity index (χ0n) is 7.53. The predicted molar refractivity (Wildman–Crippen MR) is 48.4 cm³/mol. The van der Waals surface area contributed by atoms with E-state index in [-0.39, 0.29) is 18.1 Å². The van der Waals surface area contributed by atoms with Crippen molar-refractivity contribution in [3.63, 3.8) is 0 Å². The first-order valence-corrected chi connectivity index (χ1v) is 4.59. The highest BCUT2D eigenvalue weighted by Gasteiger charge is 2.20. The molecule has 1 rings (SSSR count). The lowest BCUT2D eigenvalue weighted by Crippen LogP contribution is -2.18. The molecule has 72 valence electrons. The minimum absolute atomic E-state index is 0.00727. The Morgan fingerprint density at radius 2 is 2.15 bits per heavy atom. The van der Waals surface area contributed by atoms with Crippen molar-refractivity contribution in [1.82, 2.24) is 0 Å². The van der Waals surface area contributed by atoms with E-state index in [1.807, 2.05) is 12.2 Å². The molecular formula is C10H14O3. The average molecular weight is 182 g/mol. The zero-order valence-corrected chi connectivity index (χ0v) is 7.53. The van der Waals surface area contributed by atoms with Crippen molar-refractivity contribution in [3.05, 3.63) is 12.2 Å². The number of hydrogen-bond acceptors (Lipinski definition) is 2. The van der Waals surface area contributed by atoms with Crippen LogP contribution in [-0.4, -0.2) is 16.9 Å². The van der Waals surface area contributed by atoms with Crippen LogP contribution in [0, 0.1) is 5.92 Å². The third-order valence-corrected chi connectivity index (χ3v) is 2.28. The van der Waals surface area contributed by atoms with Gasteiger partial charge < -0.3 is 5.11 Å². The molecule has 1 N–H and O–H groups in total. The second-order valence-electron chi connectivity index (χ2n) is 3.35. The Bertz CT molecular complexity index is 230. The second kappa shape index (κ2) is 4.80. The Labute approximate surface area is 77.4 Å². The number of carboxylic acids is 1. The van der Waals surface area contributed by atoms with Gasteiger partial charge >= 0.3 is 5.97 Å². The summed E-state index contributed by atoms with van der Waals surface area (Å²) in [6.45, 7) is 0. The molecule has 1 aliphatic rings. The van der Waals surface area contributed by atoms with Gasteiger partial charge in [-0.1, -0.05) is 12.2 Å². The summed E-state index contributed by atoms with van der Waals surface area (Å²) in [5, 5.41) is 8.58. The standard InChI is InChI=1S/C10H14O3/c11-9-6-4-2-1-3-5-8(9)7-10(12)13/h1-2,8H,3-7H2,(H,12,13)/b2-1+/t8-/m0/s1. The highest BCUT2D eigenvalue weighted by atomic mass is 16.4. The molecule has 0 aromatic heterocycles. The molecule has 1 atom stereocenters. The number of carboxylic acid groups (broad SMARTS) is 1. The van der Waals surface area contributed by atoms with Crippen LogP contribution in [0.15, 0.2) is 12.2 Å². The molecule has 0 unspecified atom stereocenters. The van der Waals surface area contributed by atoms with Gasteiger partial charge in [-0.3, -0.25) is 9.59 Å². The van der Waals surface area contributed by atoms with Crippen LogP contribution in [0.3, 0.4) is 0 Å². The molecule has 3 nitrogen and oxygen atoms in total. The first kappa shape index (κ1) is 9.96. The number of rotatable bonds is 2. The van der Waals surface area contributed by atoms with Crippen LogP contribution >= 0.6 is 0 Å². The Morgan fingerprint density at radius 3 is 2.85 bits per heavy atom. The van der Waals surface area contributed by atoms with E-state index in [0.717, 1.165) is 12.8 Å². The van der Waals surface area contributed by atoms with Crippen LogP contribution in [-0.2, 0) is 9.59 Å². The summed E-state index contributed by atoms with van der Waals surface area (Å²) in [5.74, 6) is -1.03. The maximum atomic E-state index is 11.4. The van der Waals surface area contributed by atoms with Gasteiger partial charge in [-0.2, -0.15) is 0 Å². The molecule has 1 aliphatic carbocycles. The third kappa shape index (κ3) is 3.40. The van der Waals surface area contributed by atoms with E-state index in [1.54, 1.807) is 0 Å². The lowest BCUT2D eigenvalue weighted by atomic mass is 9.90. The topological polar surface area (TPSA) is 54.4 Å². The zero-order chi connectivity index (χ0) is 9.68. The highest BCUT2D eigenvalue weighted by molar-refractivity contribution is 5.85. The van der Waals surface area contributed by atoms with Crippen molar-refractivity contribution in [3.8, 4) is 0 Å². The van der Waals surface area contributed by atoms with Crippen LogP contribution in [0.4, 0.5) is 0 Å². The quantitative estimate of drug-likeness (QED) is 0.662. The van der Waals surface area contributed by atoms with Crippen molar-refractivity contribution < 1.29 is 14.7 Å². The molecule has 0 spiro atoms. The number of allylic oxidation sites excluding steroid dienone is 2. The van der Waals surface area contributed by atoms with E-state index < -0.39 is 5.97 Å². The fourth-order valence-corrected chi connectivity index (χ4v) is 1.55. The van der Waals surface area contributed by atoms with E-state index in [0.29, 0.717) is 12.8 Å². The van der Waals surface area contributed by atoms with Crippen molar-refractivity contribution >= 4 is 11.8 Å². The number of aliphatic carboxylic acids is 1. The smallest absolute Gasteiger partial charge is 0.304 e. The maximum Gasteiger partial charge on any atom is 0.304 e. The Kier molecular flexibility index (Phi) is 3.68. The summed E-state index contributed by atoms with van der Waals surface area (Å²) in [4.78, 5) is 21.8. The van der Waals surface area contributed by atoms with Crippen LogP contribution in [0.5, 0.6) is 0 Å². The third-order valence-electron chi connectivity index (χ3n) is 2.28. The molecule has 0 aliphatic heterocycles. The molecule has 0 bridgehead atoms. The monoisotopic (exact) mass is 182 g/mol. The molecule has 0 saturated heterocycles. The van der Waals surface area contributed by atoms with Crippen molar-refractivity contribution in [2.45, 2.75) is 32.1 Å². The molecule has 0 radical (unpaired) electrons. The first-order valence-electron chi connectivity index (χ1n) is 4.59. The van der Waals surface area contributed by atoms with Gasteiger partial charge in [-0.15, -0.1) is 0 Å². The van der Waals surface area contributed by atoms with E-state index in [2.05, 4.69) is 0 Å². The van der Waals surface area contributed by atoms with Gasteiger partial charge in [-0.25, -0.2) is 0 Å². The largest absolute Gasteiger partial charge is 0.481 e. The summed E-state index contributed by atoms with van der Waals surface area (Å²) < 4.78 is 0. The molecule has 13 heavy (non-hydrogen) atoms. The molecule has 0 saturated carbocycles. The van der Waals surface area contributed by atoms with Crippen LogP contribution in [0.2, 0.25) is 0 Å². The predicted octanol–water partition coefficient (Wildman–Crippen LogP) is 1.78. The van der Waals surface area contributed by atoms with Crippen LogP contribution < -0.4 is 0 Å². The highest BCUT2D eigenvalue weighted by Crippen LogP contribution is 2.18. The molecule has 0 amide bonds. The lowest BCUT2D eigenvalue weighted by Gasteiger charge is -2.13. The summed E-state index contributed by atoms with van der Waals surface area (Å²) in [7, 11) is 0. The molecular weight excluding hydrogens is 168 g/mol. The van der Waals surface area contributed by atoms with Gasteiger partial charge in [0.2, 0.25) is 0 Å². The summed E-state index contributed by atoms with van der Waals surface area (Å²) in [6.07, 6.45) is 6.78. The normalized spacial score (nSPS) is 26.2. The van der Waals surface area contributed by atoms with Crippen molar-refractivity contribution in [2.24, 2.45) is 5.92 Å². The Balaban J connectivity index is 2.54. The van der Waals surface area contributed by atoms with E-state index >= 15 is 0 Å². The number of Topliss-reactive ketones (excluding diaryl/α,β-unsaturated/α-hetero) is 1. The molecule has 0 heterocycles. The van der Waals surface area contributed by atoms with E-state index in [1.165, 1.54) is 0 Å². The van der Waals surface area contributed by atoms with Gasteiger partial charge in [0, 0.05) is 12.3 Å². The molecule has 0 aromatic carbocycles. The fourth-order valence-electron chi connectivity index (χ4n) is 1.55. The summed E-state index contributed by atoms with van der Waals surface area (Å²) >= 11 is 0. The lowest BCUT2D eigenvalue weighted by molar-refractivity contribution is -0.140. The van der Waals surface area contributed by atoms with Crippen molar-refractivity contribution in [2.75, 3.05) is 0 Å². The van der Waals surface area contributed by atoms with Crippen LogP contribution in [0.1, 0.15) is 32.1 Å². The maximum absolute atomic E-state index is 11.4. The molecule has 3 heteroatoms. The first-order chi connectivity index (χ1) is 6.20. The number of carbonyl (C=O) groups is 2. The van der Waals surface area contributed by atoms with E-state index in [9.17, 15) is 9.59 Å². The average Bonchev–Trinajstić information content (AvgIpc) is 2.04. The van der Waals surface area contributed by atoms with Crippen molar-refractivity contribution in [1.29, 1.82) is 0 Å². The van der Waals surface area contributed by atoms with Gasteiger partial charge in [-0.05, 0) is 19.3 Å². The van der Waals surface area contributed by atoms with Gasteiger partial charge in [0.25, 0.3) is 0 Å². The Morgan fingerprint density at radius 1 is 1.46 bits per heavy atom. The minimum Gasteiger partial charge on any atom is -0.481 e. The number of ketones is 1.